The van der Waals surface area contributed by atoms with Crippen molar-refractivity contribution in [2.45, 2.75) is 18.4 Å². The summed E-state index contributed by atoms with van der Waals surface area (Å²) in [5, 5.41) is 3.26. The first kappa shape index (κ1) is 20.8. The number of nitrogens with one attached hydrogen (secondary N) is 1. The van der Waals surface area contributed by atoms with Gasteiger partial charge in [0.05, 0.1) is 18.0 Å². The third kappa shape index (κ3) is 6.94. The zero-order chi connectivity index (χ0) is 19.7. The molecule has 1 N–H and O–H groups in total. The number of sulfone groups is 1. The van der Waals surface area contributed by atoms with Crippen LogP contribution in [0.4, 0.5) is 0 Å². The molecule has 2 rings (SSSR count). The van der Waals surface area contributed by atoms with Gasteiger partial charge in [-0.15, -0.1) is 0 Å². The molecule has 0 unspecified atom stereocenters. The van der Waals surface area contributed by atoms with E-state index in [0.29, 0.717) is 24.6 Å². The number of likely N-dealkylation sites (N-methyl/N-ethyl adjacent to an activating group) is 1. The molecule has 7 heteroatoms. The summed E-state index contributed by atoms with van der Waals surface area (Å²) in [6, 6.07) is 16.5. The Balaban J connectivity index is 1.94. The second-order valence-electron chi connectivity index (χ2n) is 6.17. The van der Waals surface area contributed by atoms with Gasteiger partial charge in [0.25, 0.3) is 0 Å². The fourth-order valence-electron chi connectivity index (χ4n) is 2.40. The minimum Gasteiger partial charge on any atom is -0.492 e. The van der Waals surface area contributed by atoms with E-state index in [1.165, 1.54) is 6.26 Å². The number of benzene rings is 2. The normalized spacial score (nSPS) is 11.9. The van der Waals surface area contributed by atoms with Crippen LogP contribution in [0.3, 0.4) is 0 Å². The average molecular weight is 390 g/mol. The summed E-state index contributed by atoms with van der Waals surface area (Å²) in [5.74, 6) is 1.63. The van der Waals surface area contributed by atoms with Crippen molar-refractivity contribution in [3.05, 3.63) is 60.2 Å². The van der Waals surface area contributed by atoms with E-state index in [-0.39, 0.29) is 0 Å². The number of hydrogen-bond acceptors (Lipinski definition) is 4. The van der Waals surface area contributed by atoms with E-state index < -0.39 is 9.84 Å². The Bertz CT molecular complexity index is 835. The molecule has 0 heterocycles. The Labute approximate surface area is 161 Å². The standard InChI is InChI=1S/C20H27N3O3S/c1-4-21-20(23(2)14-15-26-18-8-6-5-7-9-18)22-16-17-10-12-19(13-11-17)27(3,24)25/h5-13H,4,14-16H2,1-3H3,(H,21,22). The molecule has 0 atom stereocenters. The summed E-state index contributed by atoms with van der Waals surface area (Å²) in [7, 11) is -1.22. The molecule has 0 amide bonds. The number of rotatable bonds is 8. The summed E-state index contributed by atoms with van der Waals surface area (Å²) in [6.45, 7) is 4.48. The van der Waals surface area contributed by atoms with Crippen molar-refractivity contribution in [1.82, 2.24) is 10.2 Å². The fraction of sp³-hybridized carbons (Fsp3) is 0.350. The van der Waals surface area contributed by atoms with Gasteiger partial charge in [-0.05, 0) is 36.8 Å². The van der Waals surface area contributed by atoms with Crippen LogP contribution < -0.4 is 10.1 Å². The largest absolute Gasteiger partial charge is 0.492 e. The van der Waals surface area contributed by atoms with Gasteiger partial charge in [0.1, 0.15) is 12.4 Å². The Hall–Kier alpha value is -2.54. The molecule has 27 heavy (non-hydrogen) atoms. The summed E-state index contributed by atoms with van der Waals surface area (Å²) in [5.41, 5.74) is 0.951. The van der Waals surface area contributed by atoms with Crippen LogP contribution in [-0.4, -0.2) is 52.3 Å². The number of guanidine groups is 1. The number of para-hydroxylation sites is 1. The van der Waals surface area contributed by atoms with Gasteiger partial charge in [0.15, 0.2) is 15.8 Å². The van der Waals surface area contributed by atoms with Gasteiger partial charge in [-0.2, -0.15) is 0 Å². The summed E-state index contributed by atoms with van der Waals surface area (Å²) in [6.07, 6.45) is 1.20. The Morgan fingerprint density at radius 3 is 2.37 bits per heavy atom. The zero-order valence-electron chi connectivity index (χ0n) is 16.1. The Morgan fingerprint density at radius 1 is 1.11 bits per heavy atom. The van der Waals surface area contributed by atoms with Crippen LogP contribution in [0.1, 0.15) is 12.5 Å². The van der Waals surface area contributed by atoms with Crippen molar-refractivity contribution in [2.24, 2.45) is 4.99 Å². The van der Waals surface area contributed by atoms with E-state index in [9.17, 15) is 8.42 Å². The maximum Gasteiger partial charge on any atom is 0.194 e. The highest BCUT2D eigenvalue weighted by Crippen LogP contribution is 2.11. The van der Waals surface area contributed by atoms with Crippen molar-refractivity contribution in [2.75, 3.05) is 33.0 Å². The maximum absolute atomic E-state index is 11.5. The topological polar surface area (TPSA) is 71.0 Å². The lowest BCUT2D eigenvalue weighted by Crippen LogP contribution is -2.40. The van der Waals surface area contributed by atoms with E-state index in [2.05, 4.69) is 10.3 Å². The molecule has 0 aliphatic carbocycles. The van der Waals surface area contributed by atoms with Crippen LogP contribution in [0.5, 0.6) is 5.75 Å². The number of hydrogen-bond donors (Lipinski definition) is 1. The van der Waals surface area contributed by atoms with E-state index >= 15 is 0 Å². The molecule has 146 valence electrons. The first-order valence-electron chi connectivity index (χ1n) is 8.86. The van der Waals surface area contributed by atoms with E-state index in [4.69, 9.17) is 4.74 Å². The number of aliphatic imine (C=N–C) groups is 1. The van der Waals surface area contributed by atoms with Crippen molar-refractivity contribution < 1.29 is 13.2 Å². The van der Waals surface area contributed by atoms with E-state index in [1.54, 1.807) is 24.3 Å². The molecule has 2 aromatic carbocycles. The smallest absolute Gasteiger partial charge is 0.194 e. The van der Waals surface area contributed by atoms with Gasteiger partial charge >= 0.3 is 0 Å². The molecule has 0 saturated heterocycles. The molecule has 0 aromatic heterocycles. The van der Waals surface area contributed by atoms with Gasteiger partial charge in [-0.3, -0.25) is 0 Å². The van der Waals surface area contributed by atoms with Crippen LogP contribution in [0.25, 0.3) is 0 Å². The van der Waals surface area contributed by atoms with Gasteiger partial charge < -0.3 is 15.0 Å². The van der Waals surface area contributed by atoms with E-state index in [0.717, 1.165) is 23.8 Å². The van der Waals surface area contributed by atoms with Gasteiger partial charge in [-0.25, -0.2) is 13.4 Å². The lowest BCUT2D eigenvalue weighted by atomic mass is 10.2. The third-order valence-electron chi connectivity index (χ3n) is 3.90. The van der Waals surface area contributed by atoms with Crippen molar-refractivity contribution >= 4 is 15.8 Å². The maximum atomic E-state index is 11.5. The predicted molar refractivity (Wildman–Crippen MR) is 109 cm³/mol. The molecule has 0 radical (unpaired) electrons. The Morgan fingerprint density at radius 2 is 1.78 bits per heavy atom. The Kier molecular flexibility index (Phi) is 7.67. The molecular formula is C20H27N3O3S. The molecule has 0 aliphatic rings. The average Bonchev–Trinajstić information content (AvgIpc) is 2.65. The summed E-state index contributed by atoms with van der Waals surface area (Å²) >= 11 is 0. The predicted octanol–water partition coefficient (Wildman–Crippen LogP) is 2.57. The second kappa shape index (κ2) is 9.97. The van der Waals surface area contributed by atoms with Gasteiger partial charge in [-0.1, -0.05) is 30.3 Å². The van der Waals surface area contributed by atoms with Crippen LogP contribution in [-0.2, 0) is 16.4 Å². The highest BCUT2D eigenvalue weighted by atomic mass is 32.2. The first-order valence-corrected chi connectivity index (χ1v) is 10.8. The molecule has 0 saturated carbocycles. The monoisotopic (exact) mass is 389 g/mol. The zero-order valence-corrected chi connectivity index (χ0v) is 16.9. The van der Waals surface area contributed by atoms with Crippen molar-refractivity contribution in [3.8, 4) is 5.75 Å². The third-order valence-corrected chi connectivity index (χ3v) is 5.03. The molecule has 6 nitrogen and oxygen atoms in total. The van der Waals surface area contributed by atoms with Crippen LogP contribution in [0.15, 0.2) is 64.5 Å². The second-order valence-corrected chi connectivity index (χ2v) is 8.19. The van der Waals surface area contributed by atoms with Gasteiger partial charge in [0, 0.05) is 19.8 Å². The van der Waals surface area contributed by atoms with Crippen molar-refractivity contribution in [3.63, 3.8) is 0 Å². The number of ether oxygens (including phenoxy) is 1. The van der Waals surface area contributed by atoms with Crippen molar-refractivity contribution in [1.29, 1.82) is 0 Å². The molecule has 0 aliphatic heterocycles. The lowest BCUT2D eigenvalue weighted by Gasteiger charge is -2.22. The highest BCUT2D eigenvalue weighted by Gasteiger charge is 2.08. The lowest BCUT2D eigenvalue weighted by molar-refractivity contribution is 0.281. The SMILES string of the molecule is CCNC(=NCc1ccc(S(C)(=O)=O)cc1)N(C)CCOc1ccccc1. The fourth-order valence-corrected chi connectivity index (χ4v) is 3.03. The van der Waals surface area contributed by atoms with E-state index in [1.807, 2.05) is 49.2 Å². The molecule has 0 spiro atoms. The first-order chi connectivity index (χ1) is 12.9. The van der Waals surface area contributed by atoms with Crippen LogP contribution in [0, 0.1) is 0 Å². The molecule has 0 fully saturated rings. The highest BCUT2D eigenvalue weighted by molar-refractivity contribution is 7.90. The van der Waals surface area contributed by atoms with Gasteiger partial charge in [0.2, 0.25) is 0 Å². The quantitative estimate of drug-likeness (QED) is 0.555. The minimum absolute atomic E-state index is 0.317. The molecule has 0 bridgehead atoms. The summed E-state index contributed by atoms with van der Waals surface area (Å²) < 4.78 is 28.8. The summed E-state index contributed by atoms with van der Waals surface area (Å²) in [4.78, 5) is 6.96. The minimum atomic E-state index is -3.18. The van der Waals surface area contributed by atoms with Crippen LogP contribution in [0.2, 0.25) is 0 Å². The molecule has 2 aromatic rings. The molecular weight excluding hydrogens is 362 g/mol. The van der Waals surface area contributed by atoms with Crippen LogP contribution >= 0.6 is 0 Å². The number of nitrogens with zero attached hydrogens (tertiary/aromatic N) is 2.